The predicted molar refractivity (Wildman–Crippen MR) is 66.1 cm³/mol. The van der Waals surface area contributed by atoms with Crippen molar-refractivity contribution in [3.8, 4) is 5.75 Å². The van der Waals surface area contributed by atoms with Crippen LogP contribution in [-0.4, -0.2) is 18.2 Å². The molecule has 0 radical (unpaired) electrons. The van der Waals surface area contributed by atoms with Crippen LogP contribution in [0, 0.1) is 6.92 Å². The second-order valence-corrected chi connectivity index (χ2v) is 4.45. The third kappa shape index (κ3) is 2.55. The van der Waals surface area contributed by atoms with Crippen molar-refractivity contribution >= 4 is 21.9 Å². The average molecular weight is 287 g/mol. The molecule has 16 heavy (non-hydrogen) atoms. The third-order valence-electron chi connectivity index (χ3n) is 2.57. The molecule has 1 unspecified atom stereocenters. The SMILES string of the molecule is CCC(C(=O)O)c1cc(C)c(Br)c(OC)c1. The zero-order valence-electron chi connectivity index (χ0n) is 9.58. The van der Waals surface area contributed by atoms with E-state index in [1.807, 2.05) is 19.9 Å². The first-order chi connectivity index (χ1) is 7.51. The van der Waals surface area contributed by atoms with Crippen molar-refractivity contribution < 1.29 is 14.6 Å². The first kappa shape index (κ1) is 13.0. The number of rotatable bonds is 4. The number of aryl methyl sites for hydroxylation is 1. The fraction of sp³-hybridized carbons (Fsp3) is 0.417. The largest absolute Gasteiger partial charge is 0.496 e. The maximum Gasteiger partial charge on any atom is 0.310 e. The van der Waals surface area contributed by atoms with Gasteiger partial charge in [0.05, 0.1) is 17.5 Å². The summed E-state index contributed by atoms with van der Waals surface area (Å²) in [6.07, 6.45) is 0.569. The number of hydrogen-bond acceptors (Lipinski definition) is 2. The molecule has 3 nitrogen and oxygen atoms in total. The van der Waals surface area contributed by atoms with Gasteiger partial charge in [0, 0.05) is 0 Å². The van der Waals surface area contributed by atoms with Crippen molar-refractivity contribution in [3.63, 3.8) is 0 Å². The Morgan fingerprint density at radius 1 is 1.56 bits per heavy atom. The molecule has 0 spiro atoms. The van der Waals surface area contributed by atoms with Crippen LogP contribution in [0.25, 0.3) is 0 Å². The lowest BCUT2D eigenvalue weighted by Crippen LogP contribution is -2.11. The van der Waals surface area contributed by atoms with E-state index in [0.717, 1.165) is 15.6 Å². The van der Waals surface area contributed by atoms with Crippen LogP contribution in [0.15, 0.2) is 16.6 Å². The Labute approximate surface area is 104 Å². The van der Waals surface area contributed by atoms with Crippen LogP contribution in [-0.2, 0) is 4.79 Å². The topological polar surface area (TPSA) is 46.5 Å². The molecule has 0 aromatic heterocycles. The van der Waals surface area contributed by atoms with Crippen LogP contribution in [0.4, 0.5) is 0 Å². The molecule has 0 amide bonds. The molecule has 0 aliphatic heterocycles. The van der Waals surface area contributed by atoms with Gasteiger partial charge in [-0.3, -0.25) is 4.79 Å². The number of ether oxygens (including phenoxy) is 1. The standard InChI is InChI=1S/C12H15BrO3/c1-4-9(12(14)15)8-5-7(2)11(13)10(6-8)16-3/h5-6,9H,4H2,1-3H3,(H,14,15). The van der Waals surface area contributed by atoms with Crippen LogP contribution in [0.3, 0.4) is 0 Å². The summed E-state index contributed by atoms with van der Waals surface area (Å²) >= 11 is 3.41. The van der Waals surface area contributed by atoms with Gasteiger partial charge >= 0.3 is 5.97 Å². The van der Waals surface area contributed by atoms with Gasteiger partial charge in [-0.15, -0.1) is 0 Å². The Hall–Kier alpha value is -1.03. The second-order valence-electron chi connectivity index (χ2n) is 3.65. The van der Waals surface area contributed by atoms with Gasteiger partial charge in [-0.1, -0.05) is 13.0 Å². The van der Waals surface area contributed by atoms with Gasteiger partial charge in [-0.2, -0.15) is 0 Å². The van der Waals surface area contributed by atoms with E-state index in [2.05, 4.69) is 15.9 Å². The molecular weight excluding hydrogens is 272 g/mol. The van der Waals surface area contributed by atoms with Crippen molar-refractivity contribution in [2.75, 3.05) is 7.11 Å². The van der Waals surface area contributed by atoms with E-state index >= 15 is 0 Å². The lowest BCUT2D eigenvalue weighted by atomic mass is 9.95. The molecule has 1 aromatic rings. The van der Waals surface area contributed by atoms with E-state index < -0.39 is 11.9 Å². The Balaban J connectivity index is 3.24. The Kier molecular flexibility index (Phi) is 4.35. The lowest BCUT2D eigenvalue weighted by Gasteiger charge is -2.14. The van der Waals surface area contributed by atoms with E-state index in [-0.39, 0.29) is 0 Å². The van der Waals surface area contributed by atoms with Gasteiger partial charge in [0.25, 0.3) is 0 Å². The molecule has 0 saturated carbocycles. The Bertz CT molecular complexity index is 401. The fourth-order valence-corrected chi connectivity index (χ4v) is 2.06. The summed E-state index contributed by atoms with van der Waals surface area (Å²) in [6, 6.07) is 3.66. The minimum Gasteiger partial charge on any atom is -0.496 e. The summed E-state index contributed by atoms with van der Waals surface area (Å²) in [5, 5.41) is 9.10. The zero-order chi connectivity index (χ0) is 12.3. The van der Waals surface area contributed by atoms with Gasteiger partial charge < -0.3 is 9.84 Å². The highest BCUT2D eigenvalue weighted by Crippen LogP contribution is 2.33. The molecule has 0 fully saturated rings. The normalized spacial score (nSPS) is 12.2. The highest BCUT2D eigenvalue weighted by molar-refractivity contribution is 9.10. The Morgan fingerprint density at radius 2 is 2.19 bits per heavy atom. The summed E-state index contributed by atoms with van der Waals surface area (Å²) in [4.78, 5) is 11.1. The van der Waals surface area contributed by atoms with E-state index in [1.165, 1.54) is 0 Å². The van der Waals surface area contributed by atoms with Crippen LogP contribution in [0.2, 0.25) is 0 Å². The lowest BCUT2D eigenvalue weighted by molar-refractivity contribution is -0.138. The number of methoxy groups -OCH3 is 1. The molecule has 0 bridgehead atoms. The van der Waals surface area contributed by atoms with Gasteiger partial charge in [-0.05, 0) is 46.5 Å². The third-order valence-corrected chi connectivity index (χ3v) is 3.59. The predicted octanol–water partition coefficient (Wildman–Crippen LogP) is 3.34. The monoisotopic (exact) mass is 286 g/mol. The number of benzene rings is 1. The highest BCUT2D eigenvalue weighted by atomic mass is 79.9. The number of hydrogen-bond donors (Lipinski definition) is 1. The summed E-state index contributed by atoms with van der Waals surface area (Å²) in [7, 11) is 1.57. The van der Waals surface area contributed by atoms with Crippen LogP contribution >= 0.6 is 15.9 Å². The van der Waals surface area contributed by atoms with E-state index in [4.69, 9.17) is 9.84 Å². The van der Waals surface area contributed by atoms with Gasteiger partial charge in [-0.25, -0.2) is 0 Å². The van der Waals surface area contributed by atoms with E-state index in [1.54, 1.807) is 13.2 Å². The molecule has 0 aliphatic carbocycles. The van der Waals surface area contributed by atoms with Crippen molar-refractivity contribution in [1.82, 2.24) is 0 Å². The Morgan fingerprint density at radius 3 is 2.62 bits per heavy atom. The maximum absolute atomic E-state index is 11.1. The van der Waals surface area contributed by atoms with Gasteiger partial charge in [0.15, 0.2) is 0 Å². The summed E-state index contributed by atoms with van der Waals surface area (Å²) < 4.78 is 6.08. The minimum absolute atomic E-state index is 0.472. The molecule has 1 rings (SSSR count). The van der Waals surface area contributed by atoms with Crippen LogP contribution in [0.5, 0.6) is 5.75 Å². The summed E-state index contributed by atoms with van der Waals surface area (Å²) in [5.74, 6) is -0.596. The maximum atomic E-state index is 11.1. The van der Waals surface area contributed by atoms with Crippen molar-refractivity contribution in [3.05, 3.63) is 27.7 Å². The summed E-state index contributed by atoms with van der Waals surface area (Å²) in [5.41, 5.74) is 1.77. The number of aliphatic carboxylic acids is 1. The molecule has 88 valence electrons. The molecule has 0 saturated heterocycles. The molecule has 4 heteroatoms. The number of halogens is 1. The smallest absolute Gasteiger partial charge is 0.310 e. The molecule has 0 heterocycles. The number of carboxylic acids is 1. The fourth-order valence-electron chi connectivity index (χ4n) is 1.67. The van der Waals surface area contributed by atoms with Gasteiger partial charge in [0.1, 0.15) is 5.75 Å². The molecular formula is C12H15BrO3. The van der Waals surface area contributed by atoms with E-state index in [0.29, 0.717) is 12.2 Å². The molecule has 1 aromatic carbocycles. The highest BCUT2D eigenvalue weighted by Gasteiger charge is 2.19. The molecule has 0 aliphatic rings. The van der Waals surface area contributed by atoms with Gasteiger partial charge in [0.2, 0.25) is 0 Å². The quantitative estimate of drug-likeness (QED) is 0.923. The van der Waals surface area contributed by atoms with Crippen molar-refractivity contribution in [2.24, 2.45) is 0 Å². The van der Waals surface area contributed by atoms with Crippen LogP contribution < -0.4 is 4.74 Å². The first-order valence-electron chi connectivity index (χ1n) is 5.08. The first-order valence-corrected chi connectivity index (χ1v) is 5.87. The number of carboxylic acid groups (broad SMARTS) is 1. The van der Waals surface area contributed by atoms with Crippen molar-refractivity contribution in [2.45, 2.75) is 26.2 Å². The average Bonchev–Trinajstić information content (AvgIpc) is 2.23. The number of carbonyl (C=O) groups is 1. The minimum atomic E-state index is -0.800. The zero-order valence-corrected chi connectivity index (χ0v) is 11.2. The molecule has 1 atom stereocenters. The molecule has 1 N–H and O–H groups in total. The van der Waals surface area contributed by atoms with Crippen molar-refractivity contribution in [1.29, 1.82) is 0 Å². The van der Waals surface area contributed by atoms with Crippen LogP contribution in [0.1, 0.15) is 30.4 Å². The second kappa shape index (κ2) is 5.34. The summed E-state index contributed by atoms with van der Waals surface area (Å²) in [6.45, 7) is 3.79. The van der Waals surface area contributed by atoms with E-state index in [9.17, 15) is 4.79 Å².